The fourth-order valence-corrected chi connectivity index (χ4v) is 1.48. The Bertz CT molecular complexity index is 108. The fraction of sp³-hybridized carbons (Fsp3) is 1.00. The molecule has 3 atom stereocenters. The van der Waals surface area contributed by atoms with Crippen LogP contribution in [0.2, 0.25) is 0 Å². The van der Waals surface area contributed by atoms with E-state index in [0.29, 0.717) is 5.92 Å². The third-order valence-electron chi connectivity index (χ3n) is 2.57. The maximum absolute atomic E-state index is 9.69. The fourth-order valence-electron chi connectivity index (χ4n) is 1.48. The molecule has 0 aromatic rings. The summed E-state index contributed by atoms with van der Waals surface area (Å²) >= 11 is 0. The van der Waals surface area contributed by atoms with E-state index < -0.39 is 0 Å². The van der Waals surface area contributed by atoms with E-state index in [4.69, 9.17) is 4.74 Å². The van der Waals surface area contributed by atoms with Gasteiger partial charge in [0.1, 0.15) is 0 Å². The van der Waals surface area contributed by atoms with Crippen molar-refractivity contribution in [1.29, 1.82) is 0 Å². The molecule has 3 unspecified atom stereocenters. The summed E-state index contributed by atoms with van der Waals surface area (Å²) < 4.78 is 5.39. The molecule has 66 valence electrons. The predicted octanol–water partition coefficient (Wildman–Crippen LogP) is 1.57. The third-order valence-corrected chi connectivity index (χ3v) is 2.57. The number of ether oxygens (including phenoxy) is 1. The highest BCUT2D eigenvalue weighted by atomic mass is 16.5. The number of hydrogen-bond donors (Lipinski definition) is 1. The van der Waals surface area contributed by atoms with Crippen LogP contribution >= 0.6 is 0 Å². The standard InChI is InChI=1S/C9H18O2/c1-3-7(2)9(10)8-5-4-6-11-8/h7-10H,3-6H2,1-2H3. The van der Waals surface area contributed by atoms with Crippen LogP contribution in [-0.2, 0) is 4.74 Å². The van der Waals surface area contributed by atoms with E-state index in [2.05, 4.69) is 13.8 Å². The minimum absolute atomic E-state index is 0.116. The van der Waals surface area contributed by atoms with Gasteiger partial charge in [-0.15, -0.1) is 0 Å². The Morgan fingerprint density at radius 1 is 1.64 bits per heavy atom. The summed E-state index contributed by atoms with van der Waals surface area (Å²) in [6.45, 7) is 5.01. The van der Waals surface area contributed by atoms with E-state index in [-0.39, 0.29) is 12.2 Å². The first-order valence-corrected chi connectivity index (χ1v) is 4.55. The summed E-state index contributed by atoms with van der Waals surface area (Å²) in [5.41, 5.74) is 0. The molecule has 11 heavy (non-hydrogen) atoms. The van der Waals surface area contributed by atoms with E-state index in [9.17, 15) is 5.11 Å². The van der Waals surface area contributed by atoms with Gasteiger partial charge in [-0.2, -0.15) is 0 Å². The van der Waals surface area contributed by atoms with Gasteiger partial charge in [0.2, 0.25) is 0 Å². The summed E-state index contributed by atoms with van der Waals surface area (Å²) in [5, 5.41) is 9.69. The van der Waals surface area contributed by atoms with Crippen LogP contribution in [0, 0.1) is 5.92 Å². The number of hydrogen-bond acceptors (Lipinski definition) is 2. The van der Waals surface area contributed by atoms with Crippen molar-refractivity contribution >= 4 is 0 Å². The molecule has 0 aliphatic carbocycles. The normalized spacial score (nSPS) is 30.3. The minimum Gasteiger partial charge on any atom is -0.390 e. The van der Waals surface area contributed by atoms with Crippen LogP contribution in [0.1, 0.15) is 33.1 Å². The van der Waals surface area contributed by atoms with Crippen molar-refractivity contribution in [2.45, 2.75) is 45.3 Å². The second-order valence-electron chi connectivity index (χ2n) is 3.43. The van der Waals surface area contributed by atoms with Crippen molar-refractivity contribution in [2.75, 3.05) is 6.61 Å². The van der Waals surface area contributed by atoms with Gasteiger partial charge in [-0.1, -0.05) is 20.3 Å². The van der Waals surface area contributed by atoms with Gasteiger partial charge < -0.3 is 9.84 Å². The second-order valence-corrected chi connectivity index (χ2v) is 3.43. The molecule has 1 rings (SSSR count). The maximum atomic E-state index is 9.69. The van der Waals surface area contributed by atoms with Crippen LogP contribution in [0.3, 0.4) is 0 Å². The average Bonchev–Trinajstić information content (AvgIpc) is 2.53. The Hall–Kier alpha value is -0.0800. The molecule has 1 aliphatic heterocycles. The lowest BCUT2D eigenvalue weighted by Gasteiger charge is -2.22. The lowest BCUT2D eigenvalue weighted by molar-refractivity contribution is -0.0288. The van der Waals surface area contributed by atoms with Crippen LogP contribution in [0.5, 0.6) is 0 Å². The monoisotopic (exact) mass is 158 g/mol. The molecule has 1 aliphatic rings. The van der Waals surface area contributed by atoms with Gasteiger partial charge in [-0.05, 0) is 18.8 Å². The number of rotatable bonds is 3. The van der Waals surface area contributed by atoms with Gasteiger partial charge in [0.15, 0.2) is 0 Å². The lowest BCUT2D eigenvalue weighted by Crippen LogP contribution is -2.31. The predicted molar refractivity (Wildman–Crippen MR) is 44.4 cm³/mol. The number of aliphatic hydroxyl groups excluding tert-OH is 1. The van der Waals surface area contributed by atoms with Crippen LogP contribution in [0.25, 0.3) is 0 Å². The SMILES string of the molecule is CCC(C)C(O)C1CCCO1. The first kappa shape index (κ1) is 9.01. The molecule has 0 bridgehead atoms. The van der Waals surface area contributed by atoms with Crippen molar-refractivity contribution in [3.8, 4) is 0 Å². The quantitative estimate of drug-likeness (QED) is 0.675. The molecule has 0 saturated carbocycles. The zero-order valence-electron chi connectivity index (χ0n) is 7.42. The van der Waals surface area contributed by atoms with Crippen molar-refractivity contribution in [3.05, 3.63) is 0 Å². The van der Waals surface area contributed by atoms with Gasteiger partial charge >= 0.3 is 0 Å². The van der Waals surface area contributed by atoms with Crippen molar-refractivity contribution in [2.24, 2.45) is 5.92 Å². The molecular weight excluding hydrogens is 140 g/mol. The van der Waals surface area contributed by atoms with Gasteiger partial charge in [0, 0.05) is 6.61 Å². The summed E-state index contributed by atoms with van der Waals surface area (Å²) in [7, 11) is 0. The molecule has 2 nitrogen and oxygen atoms in total. The van der Waals surface area contributed by atoms with Crippen molar-refractivity contribution < 1.29 is 9.84 Å². The molecule has 1 fully saturated rings. The molecule has 1 saturated heterocycles. The Balaban J connectivity index is 2.32. The van der Waals surface area contributed by atoms with Crippen LogP contribution in [0.15, 0.2) is 0 Å². The highest BCUT2D eigenvalue weighted by molar-refractivity contribution is 4.76. The zero-order chi connectivity index (χ0) is 8.27. The van der Waals surface area contributed by atoms with Crippen LogP contribution < -0.4 is 0 Å². The average molecular weight is 158 g/mol. The molecule has 0 spiro atoms. The van der Waals surface area contributed by atoms with Crippen molar-refractivity contribution in [3.63, 3.8) is 0 Å². The summed E-state index contributed by atoms with van der Waals surface area (Å²) in [5.74, 6) is 0.373. The highest BCUT2D eigenvalue weighted by Gasteiger charge is 2.27. The highest BCUT2D eigenvalue weighted by Crippen LogP contribution is 2.21. The van der Waals surface area contributed by atoms with Crippen LogP contribution in [0.4, 0.5) is 0 Å². The maximum Gasteiger partial charge on any atom is 0.0837 e. The molecule has 1 N–H and O–H groups in total. The molecule has 0 aromatic carbocycles. The molecule has 0 radical (unpaired) electrons. The summed E-state index contributed by atoms with van der Waals surface area (Å²) in [6.07, 6.45) is 3.04. The smallest absolute Gasteiger partial charge is 0.0837 e. The first-order chi connectivity index (χ1) is 5.25. The Morgan fingerprint density at radius 3 is 2.82 bits per heavy atom. The molecule has 2 heteroatoms. The Labute approximate surface area is 68.6 Å². The Kier molecular flexibility index (Phi) is 3.34. The topological polar surface area (TPSA) is 29.5 Å². The van der Waals surface area contributed by atoms with E-state index >= 15 is 0 Å². The first-order valence-electron chi connectivity index (χ1n) is 4.55. The molecule has 0 amide bonds. The van der Waals surface area contributed by atoms with Crippen LogP contribution in [-0.4, -0.2) is 23.9 Å². The minimum atomic E-state index is -0.248. The largest absolute Gasteiger partial charge is 0.390 e. The van der Waals surface area contributed by atoms with Gasteiger partial charge in [0.25, 0.3) is 0 Å². The zero-order valence-corrected chi connectivity index (χ0v) is 7.42. The molecular formula is C9H18O2. The molecule has 0 aromatic heterocycles. The third kappa shape index (κ3) is 2.17. The van der Waals surface area contributed by atoms with E-state index in [1.54, 1.807) is 0 Å². The van der Waals surface area contributed by atoms with E-state index in [1.807, 2.05) is 0 Å². The van der Waals surface area contributed by atoms with Gasteiger partial charge in [0.05, 0.1) is 12.2 Å². The van der Waals surface area contributed by atoms with Gasteiger partial charge in [-0.25, -0.2) is 0 Å². The Morgan fingerprint density at radius 2 is 2.36 bits per heavy atom. The molecule has 1 heterocycles. The van der Waals surface area contributed by atoms with E-state index in [1.165, 1.54) is 0 Å². The van der Waals surface area contributed by atoms with Crippen molar-refractivity contribution in [1.82, 2.24) is 0 Å². The van der Waals surface area contributed by atoms with Gasteiger partial charge in [-0.3, -0.25) is 0 Å². The van der Waals surface area contributed by atoms with E-state index in [0.717, 1.165) is 25.9 Å². The second kappa shape index (κ2) is 4.07. The lowest BCUT2D eigenvalue weighted by atomic mass is 9.96. The summed E-state index contributed by atoms with van der Waals surface area (Å²) in [6, 6.07) is 0. The number of aliphatic hydroxyl groups is 1. The summed E-state index contributed by atoms with van der Waals surface area (Å²) in [4.78, 5) is 0.